The van der Waals surface area contributed by atoms with Gasteiger partial charge in [0.15, 0.2) is 6.19 Å². The maximum absolute atomic E-state index is 8.56. The Balaban J connectivity index is 2.49. The molecule has 0 N–H and O–H groups in total. The van der Waals surface area contributed by atoms with Gasteiger partial charge in [0.05, 0.1) is 12.8 Å². The van der Waals surface area contributed by atoms with Crippen LogP contribution in [0.1, 0.15) is 12.7 Å². The minimum Gasteiger partial charge on any atom is -0.467 e. The molecule has 0 aliphatic heterocycles. The first kappa shape index (κ1) is 7.67. The molecule has 3 nitrogen and oxygen atoms in total. The fourth-order valence-corrected chi connectivity index (χ4v) is 0.809. The molecular formula is C8H10N2O. The van der Waals surface area contributed by atoms with Crippen LogP contribution in [0, 0.1) is 11.5 Å². The van der Waals surface area contributed by atoms with Crippen molar-refractivity contribution in [3.63, 3.8) is 0 Å². The summed E-state index contributed by atoms with van der Waals surface area (Å²) < 4.78 is 5.07. The van der Waals surface area contributed by atoms with Gasteiger partial charge >= 0.3 is 0 Å². The lowest BCUT2D eigenvalue weighted by Crippen LogP contribution is -2.15. The van der Waals surface area contributed by atoms with Crippen LogP contribution in [0.5, 0.6) is 0 Å². The maximum atomic E-state index is 8.56. The number of hydrogen-bond donors (Lipinski definition) is 0. The highest BCUT2D eigenvalue weighted by Crippen LogP contribution is 2.03. The quantitative estimate of drug-likeness (QED) is 0.485. The molecule has 1 heterocycles. The van der Waals surface area contributed by atoms with Crippen molar-refractivity contribution >= 4 is 0 Å². The van der Waals surface area contributed by atoms with E-state index in [-0.39, 0.29) is 0 Å². The van der Waals surface area contributed by atoms with E-state index in [2.05, 4.69) is 6.19 Å². The molecule has 0 bridgehead atoms. The maximum Gasteiger partial charge on any atom is 0.179 e. The molecule has 0 radical (unpaired) electrons. The second-order valence-corrected chi connectivity index (χ2v) is 2.19. The molecule has 58 valence electrons. The monoisotopic (exact) mass is 150 g/mol. The van der Waals surface area contributed by atoms with Crippen molar-refractivity contribution in [2.24, 2.45) is 0 Å². The third-order valence-electron chi connectivity index (χ3n) is 1.45. The molecule has 1 aromatic rings. The highest BCUT2D eigenvalue weighted by Gasteiger charge is 2.00. The van der Waals surface area contributed by atoms with Gasteiger partial charge in [-0.05, 0) is 19.1 Å². The topological polar surface area (TPSA) is 40.2 Å². The molecule has 11 heavy (non-hydrogen) atoms. The van der Waals surface area contributed by atoms with Gasteiger partial charge in [0.2, 0.25) is 0 Å². The second kappa shape index (κ2) is 3.67. The number of nitrogens with zero attached hydrogens (tertiary/aromatic N) is 2. The van der Waals surface area contributed by atoms with Gasteiger partial charge in [0.25, 0.3) is 0 Å². The summed E-state index contributed by atoms with van der Waals surface area (Å²) in [6.45, 7) is 3.23. The van der Waals surface area contributed by atoms with Gasteiger partial charge < -0.3 is 9.32 Å². The van der Waals surface area contributed by atoms with Crippen LogP contribution >= 0.6 is 0 Å². The van der Waals surface area contributed by atoms with Crippen LogP contribution < -0.4 is 0 Å². The lowest BCUT2D eigenvalue weighted by molar-refractivity contribution is 0.355. The smallest absolute Gasteiger partial charge is 0.179 e. The van der Waals surface area contributed by atoms with Crippen LogP contribution in [-0.4, -0.2) is 11.4 Å². The predicted octanol–water partition coefficient (Wildman–Crippen LogP) is 1.58. The van der Waals surface area contributed by atoms with Gasteiger partial charge in [0, 0.05) is 6.54 Å². The minimum absolute atomic E-state index is 0.569. The van der Waals surface area contributed by atoms with Gasteiger partial charge in [0.1, 0.15) is 5.76 Å². The summed E-state index contributed by atoms with van der Waals surface area (Å²) in [6, 6.07) is 3.68. The summed E-state index contributed by atoms with van der Waals surface area (Å²) in [5.74, 6) is 0.827. The number of nitriles is 1. The molecule has 0 atom stereocenters. The first-order valence-corrected chi connectivity index (χ1v) is 3.54. The standard InChI is InChI=1S/C8H10N2O/c1-2-10(7-9)6-8-4-3-5-11-8/h3-5H,2,6H2,1H3. The first-order valence-electron chi connectivity index (χ1n) is 3.54. The van der Waals surface area contributed by atoms with Gasteiger partial charge in [-0.1, -0.05) is 0 Å². The normalized spacial score (nSPS) is 9.09. The molecular weight excluding hydrogens is 140 g/mol. The molecule has 0 saturated heterocycles. The van der Waals surface area contributed by atoms with E-state index < -0.39 is 0 Å². The molecule has 0 unspecified atom stereocenters. The zero-order chi connectivity index (χ0) is 8.10. The summed E-state index contributed by atoms with van der Waals surface area (Å²) in [4.78, 5) is 1.62. The van der Waals surface area contributed by atoms with Crippen molar-refractivity contribution in [1.82, 2.24) is 4.90 Å². The number of furan rings is 1. The summed E-state index contributed by atoms with van der Waals surface area (Å²) in [6.07, 6.45) is 3.67. The lowest BCUT2D eigenvalue weighted by atomic mass is 10.4. The molecule has 3 heteroatoms. The fraction of sp³-hybridized carbons (Fsp3) is 0.375. The van der Waals surface area contributed by atoms with Gasteiger partial charge in [-0.3, -0.25) is 0 Å². The van der Waals surface area contributed by atoms with E-state index in [0.29, 0.717) is 6.54 Å². The van der Waals surface area contributed by atoms with Crippen molar-refractivity contribution in [3.8, 4) is 6.19 Å². The molecule has 0 amide bonds. The zero-order valence-corrected chi connectivity index (χ0v) is 6.45. The first-order chi connectivity index (χ1) is 5.36. The molecule has 0 saturated carbocycles. The van der Waals surface area contributed by atoms with E-state index in [9.17, 15) is 0 Å². The van der Waals surface area contributed by atoms with E-state index in [4.69, 9.17) is 9.68 Å². The van der Waals surface area contributed by atoms with Crippen molar-refractivity contribution in [2.45, 2.75) is 13.5 Å². The van der Waals surface area contributed by atoms with Crippen molar-refractivity contribution in [3.05, 3.63) is 24.2 Å². The third kappa shape index (κ3) is 2.01. The van der Waals surface area contributed by atoms with Crippen molar-refractivity contribution in [2.75, 3.05) is 6.54 Å². The lowest BCUT2D eigenvalue weighted by Gasteiger charge is -2.09. The Bertz CT molecular complexity index is 235. The Morgan fingerprint density at radius 3 is 3.00 bits per heavy atom. The molecule has 0 aromatic carbocycles. The Hall–Kier alpha value is -1.43. The average molecular weight is 150 g/mol. The summed E-state index contributed by atoms with van der Waals surface area (Å²) in [7, 11) is 0. The second-order valence-electron chi connectivity index (χ2n) is 2.19. The Morgan fingerprint density at radius 2 is 2.55 bits per heavy atom. The molecule has 0 aliphatic rings. The largest absolute Gasteiger partial charge is 0.467 e. The fourth-order valence-electron chi connectivity index (χ4n) is 0.809. The van der Waals surface area contributed by atoms with Gasteiger partial charge in [-0.15, -0.1) is 0 Å². The van der Waals surface area contributed by atoms with Crippen LogP contribution in [0.4, 0.5) is 0 Å². The van der Waals surface area contributed by atoms with E-state index in [1.807, 2.05) is 19.1 Å². The van der Waals surface area contributed by atoms with E-state index in [0.717, 1.165) is 12.3 Å². The van der Waals surface area contributed by atoms with Gasteiger partial charge in [-0.2, -0.15) is 5.26 Å². The van der Waals surface area contributed by atoms with E-state index >= 15 is 0 Å². The SMILES string of the molecule is CCN(C#N)Cc1ccco1. The van der Waals surface area contributed by atoms with Crippen LogP contribution in [0.15, 0.2) is 22.8 Å². The summed E-state index contributed by atoms with van der Waals surface area (Å²) in [5, 5.41) is 8.56. The molecule has 0 spiro atoms. The van der Waals surface area contributed by atoms with Crippen molar-refractivity contribution in [1.29, 1.82) is 5.26 Å². The zero-order valence-electron chi connectivity index (χ0n) is 6.45. The van der Waals surface area contributed by atoms with Gasteiger partial charge in [-0.25, -0.2) is 0 Å². The van der Waals surface area contributed by atoms with E-state index in [1.54, 1.807) is 11.2 Å². The van der Waals surface area contributed by atoms with E-state index in [1.165, 1.54) is 0 Å². The summed E-state index contributed by atoms with van der Waals surface area (Å²) >= 11 is 0. The highest BCUT2D eigenvalue weighted by atomic mass is 16.3. The molecule has 0 fully saturated rings. The van der Waals surface area contributed by atoms with Crippen LogP contribution in [0.25, 0.3) is 0 Å². The Labute approximate surface area is 65.8 Å². The van der Waals surface area contributed by atoms with Crippen LogP contribution in [0.3, 0.4) is 0 Å². The average Bonchev–Trinajstić information content (AvgIpc) is 2.52. The van der Waals surface area contributed by atoms with Crippen molar-refractivity contribution < 1.29 is 4.42 Å². The highest BCUT2D eigenvalue weighted by molar-refractivity contribution is 4.98. The van der Waals surface area contributed by atoms with Crippen LogP contribution in [0.2, 0.25) is 0 Å². The predicted molar refractivity (Wildman–Crippen MR) is 40.4 cm³/mol. The van der Waals surface area contributed by atoms with Crippen LogP contribution in [-0.2, 0) is 6.54 Å². The molecule has 0 aliphatic carbocycles. The summed E-state index contributed by atoms with van der Waals surface area (Å²) in [5.41, 5.74) is 0. The third-order valence-corrected chi connectivity index (χ3v) is 1.45. The number of hydrogen-bond acceptors (Lipinski definition) is 3. The molecule has 1 rings (SSSR count). The minimum atomic E-state index is 0.569. The Morgan fingerprint density at radius 1 is 1.73 bits per heavy atom. The Kier molecular flexibility index (Phi) is 2.56. The molecule has 1 aromatic heterocycles. The number of rotatable bonds is 3.